The van der Waals surface area contributed by atoms with Crippen LogP contribution in [0.4, 0.5) is 5.13 Å². The molecule has 1 aromatic carbocycles. The van der Waals surface area contributed by atoms with Crippen LogP contribution in [0.15, 0.2) is 35.7 Å². The quantitative estimate of drug-likeness (QED) is 0.686. The highest BCUT2D eigenvalue weighted by atomic mass is 32.1. The molecule has 0 saturated carbocycles. The van der Waals surface area contributed by atoms with Gasteiger partial charge in [0.2, 0.25) is 5.91 Å². The second-order valence-corrected chi connectivity index (χ2v) is 6.75. The topological polar surface area (TPSA) is 68.3 Å². The Kier molecular flexibility index (Phi) is 4.68. The second kappa shape index (κ2) is 6.89. The minimum absolute atomic E-state index is 0.0129. The maximum atomic E-state index is 12.0. The maximum Gasteiger partial charge on any atom is 0.226 e. The molecule has 0 saturated heterocycles. The number of thiazole rings is 1. The van der Waals surface area contributed by atoms with Crippen LogP contribution in [-0.4, -0.2) is 23.8 Å². The number of ether oxygens (including phenoxy) is 1. The Balaban J connectivity index is 1.63. The van der Waals surface area contributed by atoms with Crippen molar-refractivity contribution in [2.24, 2.45) is 0 Å². The van der Waals surface area contributed by atoms with Crippen LogP contribution in [0.1, 0.15) is 22.5 Å². The summed E-state index contributed by atoms with van der Waals surface area (Å²) in [6, 6.07) is 9.22. The zero-order valence-corrected chi connectivity index (χ0v) is 14.0. The first-order valence-electron chi connectivity index (χ1n) is 6.97. The third-order valence-corrected chi connectivity index (χ3v) is 5.07. The number of Topliss-reactive ketones (excluding diaryl/α,β-unsaturated/α-hetero) is 1. The Morgan fingerprint density at radius 2 is 2.09 bits per heavy atom. The molecular formula is C16H14N2O3S2. The number of ketones is 1. The fourth-order valence-corrected chi connectivity index (χ4v) is 3.70. The van der Waals surface area contributed by atoms with Crippen molar-refractivity contribution in [3.05, 3.63) is 40.6 Å². The van der Waals surface area contributed by atoms with Gasteiger partial charge in [-0.3, -0.25) is 9.59 Å². The molecule has 0 atom stereocenters. The Labute approximate surface area is 140 Å². The zero-order chi connectivity index (χ0) is 16.2. The smallest absolute Gasteiger partial charge is 0.226 e. The number of methoxy groups -OCH3 is 1. The number of carbonyl (C=O) groups excluding carboxylic acids is 2. The molecular weight excluding hydrogens is 332 g/mol. The maximum absolute atomic E-state index is 12.0. The van der Waals surface area contributed by atoms with Crippen LogP contribution in [-0.2, 0) is 4.79 Å². The van der Waals surface area contributed by atoms with Gasteiger partial charge in [0, 0.05) is 12.8 Å². The van der Waals surface area contributed by atoms with E-state index in [1.165, 1.54) is 22.7 Å². The van der Waals surface area contributed by atoms with Gasteiger partial charge in [0.25, 0.3) is 0 Å². The van der Waals surface area contributed by atoms with Crippen LogP contribution in [0.3, 0.4) is 0 Å². The van der Waals surface area contributed by atoms with E-state index in [-0.39, 0.29) is 24.5 Å². The van der Waals surface area contributed by atoms with Crippen molar-refractivity contribution in [3.63, 3.8) is 0 Å². The van der Waals surface area contributed by atoms with Crippen molar-refractivity contribution < 1.29 is 14.3 Å². The highest BCUT2D eigenvalue weighted by Crippen LogP contribution is 2.32. The van der Waals surface area contributed by atoms with Gasteiger partial charge in [-0.05, 0) is 23.6 Å². The van der Waals surface area contributed by atoms with Gasteiger partial charge < -0.3 is 10.1 Å². The fraction of sp³-hybridized carbons (Fsp3) is 0.188. The summed E-state index contributed by atoms with van der Waals surface area (Å²) in [5.74, 6) is 0.446. The van der Waals surface area contributed by atoms with Crippen LogP contribution in [0.2, 0.25) is 0 Å². The summed E-state index contributed by atoms with van der Waals surface area (Å²) < 4.78 is 6.19. The molecule has 1 amide bonds. The molecule has 5 nitrogen and oxygen atoms in total. The van der Waals surface area contributed by atoms with Crippen molar-refractivity contribution in [3.8, 4) is 5.75 Å². The van der Waals surface area contributed by atoms with Crippen molar-refractivity contribution >= 4 is 49.7 Å². The molecule has 0 unspecified atom stereocenters. The van der Waals surface area contributed by atoms with Gasteiger partial charge in [-0.2, -0.15) is 0 Å². The molecule has 2 heterocycles. The predicted octanol–water partition coefficient (Wildman–Crippen LogP) is 3.97. The molecule has 23 heavy (non-hydrogen) atoms. The summed E-state index contributed by atoms with van der Waals surface area (Å²) in [5, 5.41) is 5.11. The number of amides is 1. The van der Waals surface area contributed by atoms with Crippen molar-refractivity contribution in [2.45, 2.75) is 12.8 Å². The number of thiophene rings is 1. The molecule has 2 aromatic heterocycles. The number of nitrogens with one attached hydrogen (secondary N) is 1. The molecule has 3 rings (SSSR count). The summed E-state index contributed by atoms with van der Waals surface area (Å²) in [4.78, 5) is 28.9. The van der Waals surface area contributed by atoms with E-state index in [4.69, 9.17) is 4.74 Å². The van der Waals surface area contributed by atoms with E-state index in [1.807, 2.05) is 29.6 Å². The number of nitrogens with zero attached hydrogens (tertiary/aromatic N) is 1. The molecule has 0 fully saturated rings. The number of benzene rings is 1. The van der Waals surface area contributed by atoms with Gasteiger partial charge in [0.1, 0.15) is 11.3 Å². The predicted molar refractivity (Wildman–Crippen MR) is 92.7 cm³/mol. The van der Waals surface area contributed by atoms with Crippen LogP contribution in [0, 0.1) is 0 Å². The lowest BCUT2D eigenvalue weighted by atomic mass is 10.2. The number of anilines is 1. The minimum atomic E-state index is -0.215. The van der Waals surface area contributed by atoms with Gasteiger partial charge in [-0.1, -0.05) is 23.5 Å². The third kappa shape index (κ3) is 3.57. The van der Waals surface area contributed by atoms with Crippen LogP contribution < -0.4 is 10.1 Å². The van der Waals surface area contributed by atoms with E-state index in [9.17, 15) is 9.59 Å². The van der Waals surface area contributed by atoms with E-state index in [2.05, 4.69) is 10.3 Å². The highest BCUT2D eigenvalue weighted by Gasteiger charge is 2.13. The molecule has 0 spiro atoms. The molecule has 0 aliphatic carbocycles. The molecule has 118 valence electrons. The first-order valence-corrected chi connectivity index (χ1v) is 8.67. The average molecular weight is 346 g/mol. The molecule has 0 radical (unpaired) electrons. The van der Waals surface area contributed by atoms with Crippen LogP contribution in [0.5, 0.6) is 5.75 Å². The van der Waals surface area contributed by atoms with E-state index in [0.29, 0.717) is 15.8 Å². The normalized spacial score (nSPS) is 10.7. The van der Waals surface area contributed by atoms with Crippen LogP contribution in [0.25, 0.3) is 10.2 Å². The minimum Gasteiger partial charge on any atom is -0.494 e. The standard InChI is InChI=1S/C16H14N2O3S2/c1-21-11-4-2-5-13-15(11)18-16(23-13)17-14(20)8-7-10(19)12-6-3-9-22-12/h2-6,9H,7-8H2,1H3,(H,17,18,20). The van der Waals surface area contributed by atoms with Crippen molar-refractivity contribution in [1.82, 2.24) is 4.98 Å². The summed E-state index contributed by atoms with van der Waals surface area (Å²) in [7, 11) is 1.59. The number of aromatic nitrogens is 1. The first kappa shape index (κ1) is 15.6. The van der Waals surface area contributed by atoms with E-state index >= 15 is 0 Å². The van der Waals surface area contributed by atoms with Crippen molar-refractivity contribution in [1.29, 1.82) is 0 Å². The molecule has 1 N–H and O–H groups in total. The number of hydrogen-bond acceptors (Lipinski definition) is 6. The number of para-hydroxylation sites is 1. The van der Waals surface area contributed by atoms with Gasteiger partial charge in [0.05, 0.1) is 16.7 Å². The SMILES string of the molecule is COc1cccc2sc(NC(=O)CCC(=O)c3cccs3)nc12. The van der Waals surface area contributed by atoms with E-state index in [0.717, 1.165) is 10.2 Å². The first-order chi connectivity index (χ1) is 11.2. The number of rotatable bonds is 6. The summed E-state index contributed by atoms with van der Waals surface area (Å²) in [6.45, 7) is 0. The molecule has 0 aliphatic heterocycles. The van der Waals surface area contributed by atoms with Crippen LogP contribution >= 0.6 is 22.7 Å². The monoisotopic (exact) mass is 346 g/mol. The van der Waals surface area contributed by atoms with Gasteiger partial charge in [-0.25, -0.2) is 4.98 Å². The lowest BCUT2D eigenvalue weighted by molar-refractivity contribution is -0.116. The summed E-state index contributed by atoms with van der Waals surface area (Å²) in [6.07, 6.45) is 0.338. The summed E-state index contributed by atoms with van der Waals surface area (Å²) >= 11 is 2.77. The average Bonchev–Trinajstić information content (AvgIpc) is 3.21. The Hall–Kier alpha value is -2.25. The number of fused-ring (bicyclic) bond motifs is 1. The highest BCUT2D eigenvalue weighted by molar-refractivity contribution is 7.22. The Bertz CT molecular complexity index is 840. The fourth-order valence-electron chi connectivity index (χ4n) is 2.11. The van der Waals surface area contributed by atoms with Gasteiger partial charge in [0.15, 0.2) is 10.9 Å². The lowest BCUT2D eigenvalue weighted by Gasteiger charge is -2.00. The number of carbonyl (C=O) groups is 2. The largest absolute Gasteiger partial charge is 0.494 e. The summed E-state index contributed by atoms with van der Waals surface area (Å²) in [5.41, 5.74) is 0.727. The third-order valence-electron chi connectivity index (χ3n) is 3.22. The molecule has 0 bridgehead atoms. The van der Waals surface area contributed by atoms with E-state index in [1.54, 1.807) is 13.2 Å². The van der Waals surface area contributed by atoms with Gasteiger partial charge >= 0.3 is 0 Å². The van der Waals surface area contributed by atoms with Gasteiger partial charge in [-0.15, -0.1) is 11.3 Å². The number of hydrogen-bond donors (Lipinski definition) is 1. The van der Waals surface area contributed by atoms with Crippen molar-refractivity contribution in [2.75, 3.05) is 12.4 Å². The zero-order valence-electron chi connectivity index (χ0n) is 12.4. The molecule has 0 aliphatic rings. The van der Waals surface area contributed by atoms with E-state index < -0.39 is 0 Å². The second-order valence-electron chi connectivity index (χ2n) is 4.77. The molecule has 3 aromatic rings. The Morgan fingerprint density at radius 3 is 2.83 bits per heavy atom. The molecule has 7 heteroatoms. The Morgan fingerprint density at radius 1 is 1.22 bits per heavy atom. The lowest BCUT2D eigenvalue weighted by Crippen LogP contribution is -2.13.